The van der Waals surface area contributed by atoms with Crippen molar-refractivity contribution >= 4 is 182 Å². The number of nitrogens with one attached hydrogen (secondary N) is 2. The lowest BCUT2D eigenvalue weighted by Crippen LogP contribution is -2.39. The number of aliphatic hydroxyl groups is 10. The third-order valence-corrected chi connectivity index (χ3v) is 14.1. The number of hydrogen-bond acceptors (Lipinski definition) is 18. The molecule has 26 heteroatoms. The van der Waals surface area contributed by atoms with E-state index in [0.717, 1.165) is 0 Å². The summed E-state index contributed by atoms with van der Waals surface area (Å²) >= 11 is 11.8. The maximum Gasteiger partial charge on any atom is 0.335 e. The monoisotopic (exact) mass is 1530 g/mol. The Bertz CT molecular complexity index is 1640. The maximum absolute atomic E-state index is 12.6. The highest BCUT2D eigenvalue weighted by Crippen LogP contribution is 2.38. The van der Waals surface area contributed by atoms with Crippen LogP contribution in [0, 0.1) is 21.4 Å². The number of carbonyl (C=O) groups is 6. The van der Waals surface area contributed by atoms with Gasteiger partial charge in [-0.25, -0.2) is 9.59 Å². The second-order valence-electron chi connectivity index (χ2n) is 12.1. The molecule has 0 aromatic heterocycles. The average molecular weight is 1530 g/mol. The van der Waals surface area contributed by atoms with Gasteiger partial charge in [0.1, 0.15) is 0 Å². The lowest BCUT2D eigenvalue weighted by Gasteiger charge is -2.19. The number of carboxylic acid groups (broad SMARTS) is 2. The maximum atomic E-state index is 12.6. The van der Waals surface area contributed by atoms with E-state index in [4.69, 9.17) is 40.9 Å². The molecule has 20 nitrogen and oxygen atoms in total. The zero-order chi connectivity index (χ0) is 46.9. The van der Waals surface area contributed by atoms with Gasteiger partial charge in [-0.05, 0) is 136 Å². The highest BCUT2D eigenvalue weighted by atomic mass is 127. The Labute approximate surface area is 424 Å². The summed E-state index contributed by atoms with van der Waals surface area (Å²) in [5.74, 6) is -5.09. The Kier molecular flexibility index (Phi) is 29.1. The first-order chi connectivity index (χ1) is 27.8. The first-order valence-electron chi connectivity index (χ1n) is 16.7. The standard InChI is InChI=1S/2C15H18I3NO6.C4H6O6/c2*1-19-15-13(17)10(8(24)2-6(22)4-20)12(16)11(14(15)18)9(25)3-7(23)5-21;5-1(3(7)8)2(6)4(9)10/h2*6-7,19-23H,2-5H2,1H3;1-2,5-6H,(H,7,8)(H,9,10). The van der Waals surface area contributed by atoms with E-state index in [0.29, 0.717) is 55.0 Å². The van der Waals surface area contributed by atoms with Crippen LogP contribution in [0.3, 0.4) is 0 Å². The fraction of sp³-hybridized carbons (Fsp3) is 0.471. The van der Waals surface area contributed by atoms with Gasteiger partial charge in [0.15, 0.2) is 35.3 Å². The van der Waals surface area contributed by atoms with Crippen molar-refractivity contribution in [3.8, 4) is 0 Å². The Hall–Kier alpha value is -0.360. The normalized spacial score (nSPS) is 13.8. The van der Waals surface area contributed by atoms with Gasteiger partial charge in [-0.3, -0.25) is 19.2 Å². The zero-order valence-electron chi connectivity index (χ0n) is 31.2. The van der Waals surface area contributed by atoms with Crippen molar-refractivity contribution in [1.82, 2.24) is 0 Å². The smallest absolute Gasteiger partial charge is 0.335 e. The number of carbonyl (C=O) groups excluding carboxylic acids is 4. The van der Waals surface area contributed by atoms with Crippen LogP contribution in [0.5, 0.6) is 0 Å². The quantitative estimate of drug-likeness (QED) is 0.0603. The SMILES string of the molecule is CNc1c(I)c(C(=O)CC(O)CO)c(I)c(C(=O)CC(O)CO)c1I.CNc1c(I)c(C(=O)CC(O)CO)c(I)c(C(=O)CC(O)CO)c1I.O=C(O)C(O)C(O)C(=O)O. The molecule has 0 heterocycles. The van der Waals surface area contributed by atoms with Gasteiger partial charge < -0.3 is 71.9 Å². The molecule has 0 bridgehead atoms. The van der Waals surface area contributed by atoms with Crippen LogP contribution < -0.4 is 10.6 Å². The van der Waals surface area contributed by atoms with E-state index in [-0.39, 0.29) is 48.8 Å². The molecule has 2 rings (SSSR count). The van der Waals surface area contributed by atoms with Crippen LogP contribution in [-0.4, -0.2) is 173 Å². The van der Waals surface area contributed by atoms with Crippen LogP contribution in [-0.2, 0) is 9.59 Å². The van der Waals surface area contributed by atoms with Gasteiger partial charge in [0, 0.05) is 83.5 Å². The van der Waals surface area contributed by atoms with Crippen molar-refractivity contribution in [3.63, 3.8) is 0 Å². The molecule has 0 aliphatic carbocycles. The molecule has 14 N–H and O–H groups in total. The lowest BCUT2D eigenvalue weighted by molar-refractivity contribution is -0.165. The Morgan fingerprint density at radius 2 is 0.600 bits per heavy atom. The predicted molar refractivity (Wildman–Crippen MR) is 264 cm³/mol. The minimum atomic E-state index is -2.27. The number of halogens is 6. The van der Waals surface area contributed by atoms with E-state index in [9.17, 15) is 49.2 Å². The van der Waals surface area contributed by atoms with Crippen LogP contribution in [0.1, 0.15) is 67.1 Å². The van der Waals surface area contributed by atoms with E-state index in [2.05, 4.69) is 10.6 Å². The first-order valence-corrected chi connectivity index (χ1v) is 23.2. The van der Waals surface area contributed by atoms with Gasteiger partial charge >= 0.3 is 11.9 Å². The van der Waals surface area contributed by atoms with Gasteiger partial charge in [0.2, 0.25) is 0 Å². The predicted octanol–water partition coefficient (Wildman–Crippen LogP) is 0.666. The molecule has 2 aromatic carbocycles. The summed E-state index contributed by atoms with van der Waals surface area (Å²) in [5.41, 5.74) is 2.37. The van der Waals surface area contributed by atoms with Crippen molar-refractivity contribution < 1.29 is 90.0 Å². The highest BCUT2D eigenvalue weighted by Gasteiger charge is 2.31. The van der Waals surface area contributed by atoms with Crippen LogP contribution >= 0.6 is 136 Å². The summed E-state index contributed by atoms with van der Waals surface area (Å²) in [6, 6.07) is 0. The molecule has 0 radical (unpaired) electrons. The molecule has 0 saturated carbocycles. The van der Waals surface area contributed by atoms with Gasteiger partial charge in [-0.1, -0.05) is 0 Å². The molecule has 0 spiro atoms. The molecular weight excluding hydrogens is 1490 g/mol. The molecule has 0 aliphatic heterocycles. The molecule has 6 unspecified atom stereocenters. The number of rotatable bonds is 21. The number of aliphatic hydroxyl groups excluding tert-OH is 10. The van der Waals surface area contributed by atoms with E-state index in [1.54, 1.807) is 14.1 Å². The highest BCUT2D eigenvalue weighted by molar-refractivity contribution is 14.1. The molecule has 60 heavy (non-hydrogen) atoms. The van der Waals surface area contributed by atoms with Crippen molar-refractivity contribution in [2.45, 2.75) is 62.3 Å². The minimum Gasteiger partial charge on any atom is -0.479 e. The number of Topliss-reactive ketones (excluding diaryl/α,β-unsaturated/α-hetero) is 4. The van der Waals surface area contributed by atoms with E-state index >= 15 is 0 Å². The second-order valence-corrected chi connectivity index (χ2v) is 18.5. The zero-order valence-corrected chi connectivity index (χ0v) is 44.1. The third-order valence-electron chi connectivity index (χ3n) is 7.58. The largest absolute Gasteiger partial charge is 0.479 e. The lowest BCUT2D eigenvalue weighted by atomic mass is 9.98. The van der Waals surface area contributed by atoms with Crippen molar-refractivity contribution in [1.29, 1.82) is 0 Å². The number of ketones is 4. The molecule has 2 aromatic rings. The van der Waals surface area contributed by atoms with Crippen molar-refractivity contribution in [3.05, 3.63) is 43.7 Å². The fourth-order valence-electron chi connectivity index (χ4n) is 4.54. The molecule has 6 atom stereocenters. The fourth-order valence-corrected chi connectivity index (χ4v) is 14.4. The number of hydrogen-bond donors (Lipinski definition) is 14. The summed E-state index contributed by atoms with van der Waals surface area (Å²) in [5, 5.41) is 113. The summed E-state index contributed by atoms with van der Waals surface area (Å²) in [4.78, 5) is 69.9. The van der Waals surface area contributed by atoms with Crippen LogP contribution in [0.15, 0.2) is 0 Å². The summed E-state index contributed by atoms with van der Waals surface area (Å²) in [6.07, 6.45) is -10.3. The second kappa shape index (κ2) is 29.2. The molecular formula is C34H42I6N2O18. The number of aliphatic carboxylic acids is 2. The topological polar surface area (TPSA) is 369 Å². The molecule has 0 saturated heterocycles. The van der Waals surface area contributed by atoms with Crippen molar-refractivity contribution in [2.75, 3.05) is 51.2 Å². The van der Waals surface area contributed by atoms with E-state index < -0.39 is 75.0 Å². The Morgan fingerprint density at radius 1 is 0.417 bits per heavy atom. The molecule has 0 amide bonds. The van der Waals surface area contributed by atoms with Crippen LogP contribution in [0.25, 0.3) is 0 Å². The summed E-state index contributed by atoms with van der Waals surface area (Å²) in [6.45, 7) is -2.12. The average Bonchev–Trinajstić information content (AvgIpc) is 3.17. The van der Waals surface area contributed by atoms with Gasteiger partial charge in [0.25, 0.3) is 0 Å². The van der Waals surface area contributed by atoms with Gasteiger partial charge in [-0.2, -0.15) is 0 Å². The van der Waals surface area contributed by atoms with E-state index in [1.807, 2.05) is 136 Å². The van der Waals surface area contributed by atoms with E-state index in [1.165, 1.54) is 0 Å². The Morgan fingerprint density at radius 3 is 0.733 bits per heavy atom. The molecule has 0 fully saturated rings. The summed E-state index contributed by atoms with van der Waals surface area (Å²) in [7, 11) is 3.33. The van der Waals surface area contributed by atoms with Crippen LogP contribution in [0.2, 0.25) is 0 Å². The van der Waals surface area contributed by atoms with Crippen molar-refractivity contribution in [2.24, 2.45) is 0 Å². The third kappa shape index (κ3) is 17.2. The van der Waals surface area contributed by atoms with Crippen LogP contribution in [0.4, 0.5) is 11.4 Å². The Balaban J connectivity index is 0.000000949. The summed E-state index contributed by atoms with van der Waals surface area (Å²) < 4.78 is 3.31. The number of benzene rings is 2. The molecule has 0 aliphatic rings. The number of carboxylic acids is 2. The van der Waals surface area contributed by atoms with Gasteiger partial charge in [-0.15, -0.1) is 0 Å². The first kappa shape index (κ1) is 59.6. The minimum absolute atomic E-state index is 0.265. The van der Waals surface area contributed by atoms with Gasteiger partial charge in [0.05, 0.1) is 62.2 Å². The number of anilines is 2. The molecule has 338 valence electrons.